The van der Waals surface area contributed by atoms with E-state index in [1.54, 1.807) is 16.7 Å². The molecular weight excluding hydrogens is 269 g/mol. The molecular formula is C13H9Cl2N3. The summed E-state index contributed by atoms with van der Waals surface area (Å²) in [6.07, 6.45) is 1.74. The first-order chi connectivity index (χ1) is 8.66. The van der Waals surface area contributed by atoms with Crippen molar-refractivity contribution in [3.63, 3.8) is 0 Å². The Hall–Kier alpha value is -1.71. The molecule has 1 aromatic carbocycles. The topological polar surface area (TPSA) is 43.3 Å². The number of hydrogen-bond donors (Lipinski definition) is 1. The number of hydrogen-bond acceptors (Lipinski definition) is 2. The first-order valence-corrected chi connectivity index (χ1v) is 6.10. The Bertz CT molecular complexity index is 734. The number of benzene rings is 1. The van der Waals surface area contributed by atoms with Gasteiger partial charge in [-0.1, -0.05) is 41.4 Å². The van der Waals surface area contributed by atoms with E-state index in [4.69, 9.17) is 28.9 Å². The van der Waals surface area contributed by atoms with E-state index in [0.717, 1.165) is 11.2 Å². The summed E-state index contributed by atoms with van der Waals surface area (Å²) in [5, 5.41) is 1.23. The number of anilines is 1. The first-order valence-electron chi connectivity index (χ1n) is 5.35. The van der Waals surface area contributed by atoms with Gasteiger partial charge in [0.1, 0.15) is 17.2 Å². The van der Waals surface area contributed by atoms with Gasteiger partial charge in [0.05, 0.1) is 10.0 Å². The van der Waals surface area contributed by atoms with E-state index in [2.05, 4.69) is 4.98 Å². The van der Waals surface area contributed by atoms with Crippen LogP contribution in [-0.4, -0.2) is 9.38 Å². The number of fused-ring (bicyclic) bond motifs is 1. The van der Waals surface area contributed by atoms with Crippen molar-refractivity contribution in [2.24, 2.45) is 0 Å². The van der Waals surface area contributed by atoms with Gasteiger partial charge in [0.15, 0.2) is 0 Å². The SMILES string of the molecule is Nc1c(-c2ccccc2Cl)nc2ccc(Cl)cn12. The van der Waals surface area contributed by atoms with Crippen LogP contribution >= 0.6 is 23.2 Å². The maximum Gasteiger partial charge on any atom is 0.139 e. The molecule has 90 valence electrons. The van der Waals surface area contributed by atoms with Gasteiger partial charge in [-0.15, -0.1) is 0 Å². The number of nitrogen functional groups attached to an aromatic ring is 1. The number of halogens is 2. The summed E-state index contributed by atoms with van der Waals surface area (Å²) in [4.78, 5) is 4.48. The molecule has 0 amide bonds. The number of aromatic nitrogens is 2. The Kier molecular flexibility index (Phi) is 2.65. The van der Waals surface area contributed by atoms with Crippen LogP contribution < -0.4 is 5.73 Å². The van der Waals surface area contributed by atoms with E-state index in [9.17, 15) is 0 Å². The maximum absolute atomic E-state index is 6.16. The lowest BCUT2D eigenvalue weighted by atomic mass is 10.1. The Balaban J connectivity index is 2.31. The Morgan fingerprint density at radius 2 is 1.83 bits per heavy atom. The first kappa shape index (κ1) is 11.4. The van der Waals surface area contributed by atoms with Crippen molar-refractivity contribution < 1.29 is 0 Å². The van der Waals surface area contributed by atoms with E-state index in [1.165, 1.54) is 0 Å². The van der Waals surface area contributed by atoms with Crippen LogP contribution in [0.15, 0.2) is 42.6 Å². The highest BCUT2D eigenvalue weighted by atomic mass is 35.5. The third-order valence-corrected chi connectivity index (χ3v) is 3.30. The van der Waals surface area contributed by atoms with Crippen LogP contribution in [0, 0.1) is 0 Å². The summed E-state index contributed by atoms with van der Waals surface area (Å²) in [5.41, 5.74) is 8.32. The molecule has 3 nitrogen and oxygen atoms in total. The molecule has 0 bridgehead atoms. The molecule has 2 heterocycles. The zero-order valence-corrected chi connectivity index (χ0v) is 10.8. The maximum atomic E-state index is 6.16. The summed E-state index contributed by atoms with van der Waals surface area (Å²) in [6.45, 7) is 0. The van der Waals surface area contributed by atoms with Gasteiger partial charge in [0.2, 0.25) is 0 Å². The predicted molar refractivity (Wildman–Crippen MR) is 75.1 cm³/mol. The third kappa shape index (κ3) is 1.72. The van der Waals surface area contributed by atoms with Gasteiger partial charge in [0.25, 0.3) is 0 Å². The molecule has 3 aromatic rings. The third-order valence-electron chi connectivity index (χ3n) is 2.75. The Labute approximate surface area is 114 Å². The van der Waals surface area contributed by atoms with E-state index >= 15 is 0 Å². The second kappa shape index (κ2) is 4.19. The standard InChI is InChI=1S/C13H9Cl2N3/c14-8-5-6-11-17-12(13(16)18(11)7-8)9-3-1-2-4-10(9)15/h1-7H,16H2. The summed E-state index contributed by atoms with van der Waals surface area (Å²) >= 11 is 12.1. The fraction of sp³-hybridized carbons (Fsp3) is 0. The molecule has 0 aliphatic carbocycles. The van der Waals surface area contributed by atoms with Crippen LogP contribution in [0.25, 0.3) is 16.9 Å². The van der Waals surface area contributed by atoms with Gasteiger partial charge >= 0.3 is 0 Å². The molecule has 0 saturated heterocycles. The van der Waals surface area contributed by atoms with E-state index < -0.39 is 0 Å². The minimum atomic E-state index is 0.528. The van der Waals surface area contributed by atoms with E-state index in [-0.39, 0.29) is 0 Å². The van der Waals surface area contributed by atoms with Crippen molar-refractivity contribution >= 4 is 34.7 Å². The largest absolute Gasteiger partial charge is 0.383 e. The summed E-state index contributed by atoms with van der Waals surface area (Å²) in [7, 11) is 0. The minimum absolute atomic E-state index is 0.528. The molecule has 0 aliphatic rings. The molecule has 2 aromatic heterocycles. The van der Waals surface area contributed by atoms with Crippen molar-refractivity contribution in [1.29, 1.82) is 0 Å². The van der Waals surface area contributed by atoms with Gasteiger partial charge in [-0.05, 0) is 18.2 Å². The van der Waals surface area contributed by atoms with Crippen molar-refractivity contribution in [3.8, 4) is 11.3 Å². The number of nitrogens with zero attached hydrogens (tertiary/aromatic N) is 2. The average molecular weight is 278 g/mol. The molecule has 2 N–H and O–H groups in total. The number of rotatable bonds is 1. The minimum Gasteiger partial charge on any atom is -0.383 e. The quantitative estimate of drug-likeness (QED) is 0.733. The second-order valence-electron chi connectivity index (χ2n) is 3.90. The molecule has 3 rings (SSSR count). The van der Waals surface area contributed by atoms with Crippen LogP contribution in [0.2, 0.25) is 10.0 Å². The second-order valence-corrected chi connectivity index (χ2v) is 4.74. The molecule has 0 atom stereocenters. The Morgan fingerprint density at radius 3 is 2.61 bits per heavy atom. The summed E-state index contributed by atoms with van der Waals surface area (Å²) in [5.74, 6) is 0.528. The van der Waals surface area contributed by atoms with Crippen LogP contribution in [0.1, 0.15) is 0 Å². The molecule has 0 saturated carbocycles. The van der Waals surface area contributed by atoms with Crippen molar-refractivity contribution in [2.75, 3.05) is 5.73 Å². The molecule has 0 unspecified atom stereocenters. The smallest absolute Gasteiger partial charge is 0.139 e. The Morgan fingerprint density at radius 1 is 1.06 bits per heavy atom. The average Bonchev–Trinajstić information content (AvgIpc) is 2.68. The molecule has 0 fully saturated rings. The highest BCUT2D eigenvalue weighted by Gasteiger charge is 2.13. The number of pyridine rings is 1. The van der Waals surface area contributed by atoms with Gasteiger partial charge in [-0.25, -0.2) is 4.98 Å². The lowest BCUT2D eigenvalue weighted by Gasteiger charge is -2.01. The zero-order valence-electron chi connectivity index (χ0n) is 9.27. The molecule has 18 heavy (non-hydrogen) atoms. The van der Waals surface area contributed by atoms with Crippen LogP contribution in [-0.2, 0) is 0 Å². The van der Waals surface area contributed by atoms with Gasteiger partial charge in [0, 0.05) is 11.8 Å². The molecule has 0 aliphatic heterocycles. The van der Waals surface area contributed by atoms with Gasteiger partial charge < -0.3 is 5.73 Å². The van der Waals surface area contributed by atoms with E-state index in [1.807, 2.05) is 30.3 Å². The summed E-state index contributed by atoms with van der Waals surface area (Å²) < 4.78 is 1.75. The number of nitrogens with two attached hydrogens (primary N) is 1. The van der Waals surface area contributed by atoms with Crippen molar-refractivity contribution in [1.82, 2.24) is 9.38 Å². The normalized spacial score (nSPS) is 11.0. The summed E-state index contributed by atoms with van der Waals surface area (Å²) in [6, 6.07) is 11.1. The highest BCUT2D eigenvalue weighted by Crippen LogP contribution is 2.32. The van der Waals surface area contributed by atoms with Crippen LogP contribution in [0.5, 0.6) is 0 Å². The van der Waals surface area contributed by atoms with Crippen molar-refractivity contribution in [3.05, 3.63) is 52.6 Å². The number of imidazole rings is 1. The van der Waals surface area contributed by atoms with Crippen LogP contribution in [0.3, 0.4) is 0 Å². The lowest BCUT2D eigenvalue weighted by molar-refractivity contribution is 1.20. The van der Waals surface area contributed by atoms with Gasteiger partial charge in [-0.2, -0.15) is 0 Å². The fourth-order valence-corrected chi connectivity index (χ4v) is 2.27. The lowest BCUT2D eigenvalue weighted by Crippen LogP contribution is -1.94. The van der Waals surface area contributed by atoms with Crippen molar-refractivity contribution in [2.45, 2.75) is 0 Å². The molecule has 0 radical (unpaired) electrons. The van der Waals surface area contributed by atoms with Crippen LogP contribution in [0.4, 0.5) is 5.82 Å². The predicted octanol–water partition coefficient (Wildman–Crippen LogP) is 3.89. The fourth-order valence-electron chi connectivity index (χ4n) is 1.89. The highest BCUT2D eigenvalue weighted by molar-refractivity contribution is 6.33. The molecule has 5 heteroatoms. The van der Waals surface area contributed by atoms with Gasteiger partial charge in [-0.3, -0.25) is 4.40 Å². The molecule has 0 spiro atoms. The monoisotopic (exact) mass is 277 g/mol. The zero-order chi connectivity index (χ0) is 12.7. The van der Waals surface area contributed by atoms with E-state index in [0.29, 0.717) is 21.6 Å².